The van der Waals surface area contributed by atoms with Crippen molar-refractivity contribution in [2.45, 2.75) is 33.2 Å². The number of rotatable bonds is 5. The van der Waals surface area contributed by atoms with E-state index in [9.17, 15) is 9.59 Å². The minimum absolute atomic E-state index is 0.171. The maximum absolute atomic E-state index is 12.6. The normalized spacial score (nSPS) is 12.9. The third-order valence-electron chi connectivity index (χ3n) is 5.05. The summed E-state index contributed by atoms with van der Waals surface area (Å²) < 4.78 is 10.7. The molecule has 1 aliphatic rings. The SMILES string of the molecule is COc1cc2c(cc1OC)CN(C(=O)CC(=O)Nc1cc(C)ccc1C)CC2. The van der Waals surface area contributed by atoms with Gasteiger partial charge in [0.1, 0.15) is 6.42 Å². The van der Waals surface area contributed by atoms with Gasteiger partial charge in [0.25, 0.3) is 0 Å². The van der Waals surface area contributed by atoms with Gasteiger partial charge >= 0.3 is 0 Å². The number of hydrogen-bond donors (Lipinski definition) is 1. The van der Waals surface area contributed by atoms with Crippen LogP contribution in [0.3, 0.4) is 0 Å². The van der Waals surface area contributed by atoms with Crippen LogP contribution < -0.4 is 14.8 Å². The van der Waals surface area contributed by atoms with Crippen LogP contribution in [-0.2, 0) is 22.6 Å². The van der Waals surface area contributed by atoms with Crippen molar-refractivity contribution in [3.63, 3.8) is 0 Å². The minimum atomic E-state index is -0.295. The molecule has 1 aliphatic heterocycles. The average molecular weight is 382 g/mol. The number of benzene rings is 2. The lowest BCUT2D eigenvalue weighted by Crippen LogP contribution is -2.37. The van der Waals surface area contributed by atoms with E-state index in [1.807, 2.05) is 44.2 Å². The molecule has 1 heterocycles. The van der Waals surface area contributed by atoms with Gasteiger partial charge in [0, 0.05) is 18.8 Å². The molecule has 0 radical (unpaired) electrons. The van der Waals surface area contributed by atoms with E-state index >= 15 is 0 Å². The zero-order valence-corrected chi connectivity index (χ0v) is 16.8. The van der Waals surface area contributed by atoms with Crippen molar-refractivity contribution in [3.8, 4) is 11.5 Å². The van der Waals surface area contributed by atoms with Gasteiger partial charge in [-0.3, -0.25) is 9.59 Å². The molecule has 0 aromatic heterocycles. The second kappa shape index (κ2) is 8.33. The standard InChI is InChI=1S/C22H26N2O4/c1-14-5-6-15(2)18(9-14)23-21(25)12-22(26)24-8-7-16-10-19(27-3)20(28-4)11-17(16)13-24/h5-6,9-11H,7-8,12-13H2,1-4H3,(H,23,25). The molecule has 0 bridgehead atoms. The Hall–Kier alpha value is -3.02. The fourth-order valence-electron chi connectivity index (χ4n) is 3.41. The third-order valence-corrected chi connectivity index (χ3v) is 5.05. The van der Waals surface area contributed by atoms with Gasteiger partial charge in [-0.2, -0.15) is 0 Å². The van der Waals surface area contributed by atoms with Crippen LogP contribution in [0.1, 0.15) is 28.7 Å². The van der Waals surface area contributed by atoms with Crippen LogP contribution in [0.25, 0.3) is 0 Å². The highest BCUT2D eigenvalue weighted by Gasteiger charge is 2.24. The van der Waals surface area contributed by atoms with Gasteiger partial charge in [-0.25, -0.2) is 0 Å². The molecule has 2 aromatic rings. The van der Waals surface area contributed by atoms with Crippen molar-refractivity contribution >= 4 is 17.5 Å². The fourth-order valence-corrected chi connectivity index (χ4v) is 3.41. The molecule has 0 unspecified atom stereocenters. The molecular formula is C22H26N2O4. The number of methoxy groups -OCH3 is 2. The summed E-state index contributed by atoms with van der Waals surface area (Å²) >= 11 is 0. The third kappa shape index (κ3) is 4.27. The number of fused-ring (bicyclic) bond motifs is 1. The summed E-state index contributed by atoms with van der Waals surface area (Å²) in [5.74, 6) is 0.859. The van der Waals surface area contributed by atoms with Crippen molar-refractivity contribution in [2.75, 3.05) is 26.1 Å². The Kier molecular flexibility index (Phi) is 5.87. The number of nitrogens with zero attached hydrogens (tertiary/aromatic N) is 1. The van der Waals surface area contributed by atoms with E-state index in [1.54, 1.807) is 19.1 Å². The number of anilines is 1. The molecule has 148 valence electrons. The van der Waals surface area contributed by atoms with Gasteiger partial charge < -0.3 is 19.7 Å². The predicted molar refractivity (Wildman–Crippen MR) is 108 cm³/mol. The monoisotopic (exact) mass is 382 g/mol. The van der Waals surface area contributed by atoms with E-state index in [0.29, 0.717) is 24.6 Å². The van der Waals surface area contributed by atoms with E-state index in [-0.39, 0.29) is 18.2 Å². The Morgan fingerprint density at radius 3 is 2.39 bits per heavy atom. The van der Waals surface area contributed by atoms with E-state index in [0.717, 1.165) is 34.4 Å². The lowest BCUT2D eigenvalue weighted by molar-refractivity contribution is -0.135. The van der Waals surface area contributed by atoms with Crippen LogP contribution in [0.2, 0.25) is 0 Å². The molecule has 0 fully saturated rings. The van der Waals surface area contributed by atoms with E-state index in [4.69, 9.17) is 9.47 Å². The Bertz CT molecular complexity index is 908. The van der Waals surface area contributed by atoms with Crippen LogP contribution >= 0.6 is 0 Å². The molecule has 0 spiro atoms. The molecule has 2 amide bonds. The quantitative estimate of drug-likeness (QED) is 0.806. The smallest absolute Gasteiger partial charge is 0.233 e. The number of aryl methyl sites for hydroxylation is 2. The van der Waals surface area contributed by atoms with E-state index < -0.39 is 0 Å². The minimum Gasteiger partial charge on any atom is -0.493 e. The van der Waals surface area contributed by atoms with Gasteiger partial charge in [0.15, 0.2) is 11.5 Å². The fraction of sp³-hybridized carbons (Fsp3) is 0.364. The first-order valence-electron chi connectivity index (χ1n) is 9.30. The van der Waals surface area contributed by atoms with Crippen LogP contribution in [-0.4, -0.2) is 37.5 Å². The molecule has 6 heteroatoms. The van der Waals surface area contributed by atoms with Crippen LogP contribution in [0, 0.1) is 13.8 Å². The largest absolute Gasteiger partial charge is 0.493 e. The molecular weight excluding hydrogens is 356 g/mol. The zero-order valence-electron chi connectivity index (χ0n) is 16.8. The van der Waals surface area contributed by atoms with Gasteiger partial charge in [-0.15, -0.1) is 0 Å². The number of amides is 2. The van der Waals surface area contributed by atoms with Crippen LogP contribution in [0.5, 0.6) is 11.5 Å². The summed E-state index contributed by atoms with van der Waals surface area (Å²) in [5.41, 5.74) is 4.94. The maximum Gasteiger partial charge on any atom is 0.233 e. The number of nitrogens with one attached hydrogen (secondary N) is 1. The number of carbonyl (C=O) groups is 2. The van der Waals surface area contributed by atoms with Crippen LogP contribution in [0.15, 0.2) is 30.3 Å². The van der Waals surface area contributed by atoms with Gasteiger partial charge in [-0.05, 0) is 60.7 Å². The highest BCUT2D eigenvalue weighted by Crippen LogP contribution is 2.33. The summed E-state index contributed by atoms with van der Waals surface area (Å²) in [5, 5.41) is 2.85. The Balaban J connectivity index is 1.66. The zero-order chi connectivity index (χ0) is 20.3. The molecule has 6 nitrogen and oxygen atoms in total. The summed E-state index contributed by atoms with van der Waals surface area (Å²) in [6, 6.07) is 9.72. The lowest BCUT2D eigenvalue weighted by atomic mass is 9.98. The number of carbonyl (C=O) groups excluding carboxylic acids is 2. The molecule has 0 saturated heterocycles. The number of ether oxygens (including phenoxy) is 2. The lowest BCUT2D eigenvalue weighted by Gasteiger charge is -2.29. The Morgan fingerprint density at radius 2 is 1.71 bits per heavy atom. The molecule has 0 atom stereocenters. The van der Waals surface area contributed by atoms with Crippen molar-refractivity contribution < 1.29 is 19.1 Å². The first-order valence-corrected chi connectivity index (χ1v) is 9.30. The summed E-state index contributed by atoms with van der Waals surface area (Å²) in [4.78, 5) is 26.7. The van der Waals surface area contributed by atoms with Gasteiger partial charge in [0.05, 0.1) is 14.2 Å². The highest BCUT2D eigenvalue weighted by atomic mass is 16.5. The topological polar surface area (TPSA) is 67.9 Å². The Morgan fingerprint density at radius 1 is 1.04 bits per heavy atom. The molecule has 1 N–H and O–H groups in total. The van der Waals surface area contributed by atoms with Crippen molar-refractivity contribution in [1.82, 2.24) is 4.90 Å². The second-order valence-electron chi connectivity index (χ2n) is 7.08. The molecule has 2 aromatic carbocycles. The predicted octanol–water partition coefficient (Wildman–Crippen LogP) is 3.23. The number of hydrogen-bond acceptors (Lipinski definition) is 4. The Labute approximate surface area is 165 Å². The molecule has 28 heavy (non-hydrogen) atoms. The highest BCUT2D eigenvalue weighted by molar-refractivity contribution is 6.03. The van der Waals surface area contributed by atoms with E-state index in [1.165, 1.54) is 0 Å². The summed E-state index contributed by atoms with van der Waals surface area (Å²) in [6.07, 6.45) is 0.552. The molecule has 0 saturated carbocycles. The van der Waals surface area contributed by atoms with Gasteiger partial charge in [-0.1, -0.05) is 12.1 Å². The molecule has 0 aliphatic carbocycles. The summed E-state index contributed by atoms with van der Waals surface area (Å²) in [7, 11) is 3.20. The van der Waals surface area contributed by atoms with Crippen LogP contribution in [0.4, 0.5) is 5.69 Å². The van der Waals surface area contributed by atoms with Gasteiger partial charge in [0.2, 0.25) is 11.8 Å². The summed E-state index contributed by atoms with van der Waals surface area (Å²) in [6.45, 7) is 4.94. The van der Waals surface area contributed by atoms with E-state index in [2.05, 4.69) is 5.32 Å². The second-order valence-corrected chi connectivity index (χ2v) is 7.08. The molecule has 3 rings (SSSR count). The average Bonchev–Trinajstić information content (AvgIpc) is 2.69. The first-order chi connectivity index (χ1) is 13.4. The first kappa shape index (κ1) is 19.7. The van der Waals surface area contributed by atoms with Crippen molar-refractivity contribution in [1.29, 1.82) is 0 Å². The van der Waals surface area contributed by atoms with Crippen molar-refractivity contribution in [3.05, 3.63) is 52.6 Å². The maximum atomic E-state index is 12.6. The van der Waals surface area contributed by atoms with Crippen molar-refractivity contribution in [2.24, 2.45) is 0 Å².